The fourth-order valence-electron chi connectivity index (χ4n) is 2.09. The first-order chi connectivity index (χ1) is 5.27. The first kappa shape index (κ1) is 9.38. The number of alkyl halides is 1. The number of hydrogen-bond acceptors (Lipinski definition) is 0. The monoisotopic (exact) mass is 174 g/mol. The fourth-order valence-corrected chi connectivity index (χ4v) is 2.65. The van der Waals surface area contributed by atoms with Gasteiger partial charge in [0.1, 0.15) is 0 Å². The van der Waals surface area contributed by atoms with E-state index in [1.165, 1.54) is 32.1 Å². The van der Waals surface area contributed by atoms with Crippen LogP contribution in [0.3, 0.4) is 0 Å². The van der Waals surface area contributed by atoms with Gasteiger partial charge >= 0.3 is 0 Å². The summed E-state index contributed by atoms with van der Waals surface area (Å²) in [5, 5.41) is 0.471. The summed E-state index contributed by atoms with van der Waals surface area (Å²) in [6.45, 7) is 4.53. The van der Waals surface area contributed by atoms with Crippen LogP contribution in [-0.2, 0) is 0 Å². The van der Waals surface area contributed by atoms with Crippen molar-refractivity contribution in [2.75, 3.05) is 0 Å². The molecule has 1 aliphatic rings. The van der Waals surface area contributed by atoms with Gasteiger partial charge < -0.3 is 0 Å². The van der Waals surface area contributed by atoms with Crippen LogP contribution in [0.2, 0.25) is 0 Å². The van der Waals surface area contributed by atoms with Crippen molar-refractivity contribution in [3.63, 3.8) is 0 Å². The van der Waals surface area contributed by atoms with Crippen LogP contribution in [0.1, 0.15) is 46.0 Å². The molecular formula is C10H19Cl. The van der Waals surface area contributed by atoms with Gasteiger partial charge in [0.05, 0.1) is 0 Å². The predicted molar refractivity (Wildman–Crippen MR) is 51.1 cm³/mol. The second-order valence-electron chi connectivity index (χ2n) is 3.77. The molecule has 1 aliphatic carbocycles. The molecule has 0 aromatic carbocycles. The molecule has 0 N–H and O–H groups in total. The molecule has 1 heteroatoms. The molecule has 66 valence electrons. The van der Waals surface area contributed by atoms with Gasteiger partial charge in [0.25, 0.3) is 0 Å². The third-order valence-electron chi connectivity index (χ3n) is 3.12. The standard InChI is InChI=1S/C10H19Cl/c1-3-8-5-6-9(4-2)10(11)7-8/h8-10H,3-7H2,1-2H3. The summed E-state index contributed by atoms with van der Waals surface area (Å²) in [7, 11) is 0. The molecule has 0 aliphatic heterocycles. The molecule has 0 aromatic heterocycles. The zero-order valence-corrected chi connectivity index (χ0v) is 8.40. The van der Waals surface area contributed by atoms with Crippen molar-refractivity contribution < 1.29 is 0 Å². The van der Waals surface area contributed by atoms with Crippen molar-refractivity contribution in [3.8, 4) is 0 Å². The van der Waals surface area contributed by atoms with Gasteiger partial charge in [-0.15, -0.1) is 11.6 Å². The third kappa shape index (κ3) is 2.37. The predicted octanol–water partition coefficient (Wildman–Crippen LogP) is 3.83. The van der Waals surface area contributed by atoms with Crippen molar-refractivity contribution in [2.45, 2.75) is 51.3 Å². The van der Waals surface area contributed by atoms with Crippen LogP contribution in [0.5, 0.6) is 0 Å². The Morgan fingerprint density at radius 2 is 1.91 bits per heavy atom. The van der Waals surface area contributed by atoms with Crippen molar-refractivity contribution in [2.24, 2.45) is 11.8 Å². The van der Waals surface area contributed by atoms with Gasteiger partial charge in [-0.25, -0.2) is 0 Å². The van der Waals surface area contributed by atoms with E-state index in [1.54, 1.807) is 0 Å². The van der Waals surface area contributed by atoms with E-state index in [9.17, 15) is 0 Å². The van der Waals surface area contributed by atoms with Crippen LogP contribution >= 0.6 is 11.6 Å². The number of rotatable bonds is 2. The summed E-state index contributed by atoms with van der Waals surface area (Å²) in [6, 6.07) is 0. The lowest BCUT2D eigenvalue weighted by atomic mass is 9.79. The molecule has 1 fully saturated rings. The molecule has 0 heterocycles. The number of halogens is 1. The molecule has 1 saturated carbocycles. The SMILES string of the molecule is CCC1CCC(CC)C(Cl)C1. The number of hydrogen-bond donors (Lipinski definition) is 0. The van der Waals surface area contributed by atoms with Gasteiger partial charge in [-0.3, -0.25) is 0 Å². The largest absolute Gasteiger partial charge is 0.123 e. The molecule has 0 bridgehead atoms. The van der Waals surface area contributed by atoms with E-state index in [2.05, 4.69) is 13.8 Å². The minimum atomic E-state index is 0.471. The lowest BCUT2D eigenvalue weighted by molar-refractivity contribution is 0.270. The summed E-state index contributed by atoms with van der Waals surface area (Å²) < 4.78 is 0. The summed E-state index contributed by atoms with van der Waals surface area (Å²) in [6.07, 6.45) is 6.63. The van der Waals surface area contributed by atoms with Gasteiger partial charge in [0.2, 0.25) is 0 Å². The highest BCUT2D eigenvalue weighted by Crippen LogP contribution is 2.35. The molecule has 1 rings (SSSR count). The average molecular weight is 175 g/mol. The van der Waals surface area contributed by atoms with Crippen molar-refractivity contribution in [1.29, 1.82) is 0 Å². The molecule has 0 amide bonds. The zero-order valence-electron chi connectivity index (χ0n) is 7.65. The van der Waals surface area contributed by atoms with Crippen LogP contribution in [0.4, 0.5) is 0 Å². The van der Waals surface area contributed by atoms with Gasteiger partial charge in [0, 0.05) is 5.38 Å². The third-order valence-corrected chi connectivity index (χ3v) is 3.65. The van der Waals surface area contributed by atoms with Crippen LogP contribution in [0, 0.1) is 11.8 Å². The Morgan fingerprint density at radius 1 is 1.18 bits per heavy atom. The molecule has 0 saturated heterocycles. The van der Waals surface area contributed by atoms with Gasteiger partial charge in [-0.2, -0.15) is 0 Å². The second kappa shape index (κ2) is 4.35. The zero-order chi connectivity index (χ0) is 8.27. The average Bonchev–Trinajstić information content (AvgIpc) is 2.04. The van der Waals surface area contributed by atoms with Gasteiger partial charge in [-0.05, 0) is 24.7 Å². The maximum absolute atomic E-state index is 6.26. The van der Waals surface area contributed by atoms with Crippen molar-refractivity contribution >= 4 is 11.6 Å². The lowest BCUT2D eigenvalue weighted by Crippen LogP contribution is -2.24. The lowest BCUT2D eigenvalue weighted by Gasteiger charge is -2.31. The minimum Gasteiger partial charge on any atom is -0.123 e. The quantitative estimate of drug-likeness (QED) is 0.559. The Kier molecular flexibility index (Phi) is 3.71. The van der Waals surface area contributed by atoms with E-state index in [0.717, 1.165) is 11.8 Å². The molecule has 3 unspecified atom stereocenters. The molecule has 3 atom stereocenters. The van der Waals surface area contributed by atoms with Crippen LogP contribution < -0.4 is 0 Å². The molecule has 0 aromatic rings. The highest BCUT2D eigenvalue weighted by Gasteiger charge is 2.26. The van der Waals surface area contributed by atoms with E-state index in [-0.39, 0.29) is 0 Å². The fraction of sp³-hybridized carbons (Fsp3) is 1.00. The normalized spacial score (nSPS) is 39.0. The Labute approximate surface area is 75.3 Å². The summed E-state index contributed by atoms with van der Waals surface area (Å²) in [5.74, 6) is 1.72. The Bertz CT molecular complexity index is 111. The topological polar surface area (TPSA) is 0 Å². The van der Waals surface area contributed by atoms with Crippen molar-refractivity contribution in [3.05, 3.63) is 0 Å². The summed E-state index contributed by atoms with van der Waals surface area (Å²) in [4.78, 5) is 0. The van der Waals surface area contributed by atoms with E-state index in [1.807, 2.05) is 0 Å². The van der Waals surface area contributed by atoms with E-state index in [4.69, 9.17) is 11.6 Å². The van der Waals surface area contributed by atoms with E-state index >= 15 is 0 Å². The van der Waals surface area contributed by atoms with Crippen LogP contribution in [0.15, 0.2) is 0 Å². The highest BCUT2D eigenvalue weighted by atomic mass is 35.5. The Balaban J connectivity index is 2.34. The van der Waals surface area contributed by atoms with Crippen LogP contribution in [-0.4, -0.2) is 5.38 Å². The molecule has 0 nitrogen and oxygen atoms in total. The van der Waals surface area contributed by atoms with Crippen molar-refractivity contribution in [1.82, 2.24) is 0 Å². The molecule has 0 spiro atoms. The maximum atomic E-state index is 6.26. The first-order valence-corrected chi connectivity index (χ1v) is 5.35. The van der Waals surface area contributed by atoms with E-state index < -0.39 is 0 Å². The second-order valence-corrected chi connectivity index (χ2v) is 4.33. The minimum absolute atomic E-state index is 0.471. The van der Waals surface area contributed by atoms with Crippen LogP contribution in [0.25, 0.3) is 0 Å². The summed E-state index contributed by atoms with van der Waals surface area (Å²) in [5.41, 5.74) is 0. The van der Waals surface area contributed by atoms with Gasteiger partial charge in [0.15, 0.2) is 0 Å². The highest BCUT2D eigenvalue weighted by molar-refractivity contribution is 6.20. The first-order valence-electron chi connectivity index (χ1n) is 4.92. The maximum Gasteiger partial charge on any atom is 0.0366 e. The molecular weight excluding hydrogens is 156 g/mol. The molecule has 0 radical (unpaired) electrons. The Morgan fingerprint density at radius 3 is 2.36 bits per heavy atom. The molecule has 11 heavy (non-hydrogen) atoms. The smallest absolute Gasteiger partial charge is 0.0366 e. The van der Waals surface area contributed by atoms with Gasteiger partial charge in [-0.1, -0.05) is 33.1 Å². The van der Waals surface area contributed by atoms with E-state index in [0.29, 0.717) is 5.38 Å². The Hall–Kier alpha value is 0.290. The summed E-state index contributed by atoms with van der Waals surface area (Å²) >= 11 is 6.26.